The van der Waals surface area contributed by atoms with Gasteiger partial charge in [0.05, 0.1) is 31.1 Å². The average molecular weight is 352 g/mol. The molecule has 0 spiro atoms. The third-order valence-corrected chi connectivity index (χ3v) is 4.61. The molecule has 1 aliphatic heterocycles. The molecule has 8 heteroatoms. The van der Waals surface area contributed by atoms with Crippen LogP contribution in [0, 0.1) is 0 Å². The van der Waals surface area contributed by atoms with Crippen LogP contribution in [0.15, 0.2) is 23.1 Å². The van der Waals surface area contributed by atoms with Crippen LogP contribution in [0.25, 0.3) is 6.08 Å². The van der Waals surface area contributed by atoms with Gasteiger partial charge in [-0.2, -0.15) is 0 Å². The summed E-state index contributed by atoms with van der Waals surface area (Å²) in [7, 11) is 3.05. The molecule has 6 nitrogen and oxygen atoms in total. The Bertz CT molecular complexity index is 701. The van der Waals surface area contributed by atoms with Gasteiger partial charge < -0.3 is 19.4 Å². The second-order valence-electron chi connectivity index (χ2n) is 4.65. The summed E-state index contributed by atoms with van der Waals surface area (Å²) >= 11 is 6.13. The monoisotopic (exact) mass is 352 g/mol. The lowest BCUT2D eigenvalue weighted by Gasteiger charge is -2.23. The highest BCUT2D eigenvalue weighted by Gasteiger charge is 2.36. The van der Waals surface area contributed by atoms with E-state index in [9.17, 15) is 14.7 Å². The number of thiocarbonyl (C=S) groups is 1. The molecule has 1 amide bonds. The van der Waals surface area contributed by atoms with Crippen molar-refractivity contribution in [2.24, 2.45) is 0 Å². The summed E-state index contributed by atoms with van der Waals surface area (Å²) < 4.78 is 10.6. The third-order valence-electron chi connectivity index (χ3n) is 3.28. The molecule has 0 aromatic heterocycles. The van der Waals surface area contributed by atoms with Crippen molar-refractivity contribution in [2.75, 3.05) is 14.2 Å². The minimum Gasteiger partial charge on any atom is -0.548 e. The summed E-state index contributed by atoms with van der Waals surface area (Å²) in [5, 5.41) is 11.0. The van der Waals surface area contributed by atoms with E-state index in [1.54, 1.807) is 24.3 Å². The molecule has 0 aliphatic carbocycles. The Morgan fingerprint density at radius 3 is 2.65 bits per heavy atom. The van der Waals surface area contributed by atoms with Gasteiger partial charge in [0.25, 0.3) is 5.91 Å². The lowest BCUT2D eigenvalue weighted by Crippen LogP contribution is -2.48. The van der Waals surface area contributed by atoms with Gasteiger partial charge >= 0.3 is 0 Å². The topological polar surface area (TPSA) is 78.9 Å². The second-order valence-corrected chi connectivity index (χ2v) is 6.33. The van der Waals surface area contributed by atoms with E-state index in [4.69, 9.17) is 21.7 Å². The zero-order valence-electron chi connectivity index (χ0n) is 12.7. The molecule has 0 radical (unpaired) electrons. The van der Waals surface area contributed by atoms with Crippen molar-refractivity contribution in [1.29, 1.82) is 0 Å². The van der Waals surface area contributed by atoms with E-state index < -0.39 is 17.9 Å². The quantitative estimate of drug-likeness (QED) is 0.579. The van der Waals surface area contributed by atoms with Crippen molar-refractivity contribution in [3.8, 4) is 11.5 Å². The Morgan fingerprint density at radius 2 is 2.09 bits per heavy atom. The van der Waals surface area contributed by atoms with Crippen molar-refractivity contribution in [2.45, 2.75) is 13.0 Å². The van der Waals surface area contributed by atoms with E-state index >= 15 is 0 Å². The summed E-state index contributed by atoms with van der Waals surface area (Å²) in [6.07, 6.45) is 1.60. The summed E-state index contributed by atoms with van der Waals surface area (Å²) in [5.41, 5.74) is 0.633. The van der Waals surface area contributed by atoms with Gasteiger partial charge in [-0.25, -0.2) is 0 Å². The minimum absolute atomic E-state index is 0.180. The Hall–Kier alpha value is -2.06. The lowest BCUT2D eigenvalue weighted by molar-refractivity contribution is -0.309. The number of carboxylic acids is 1. The Balaban J connectivity index is 2.39. The van der Waals surface area contributed by atoms with Crippen molar-refractivity contribution < 1.29 is 24.2 Å². The van der Waals surface area contributed by atoms with Gasteiger partial charge in [0.2, 0.25) is 0 Å². The largest absolute Gasteiger partial charge is 0.548 e. The number of methoxy groups -OCH3 is 2. The fraction of sp³-hybridized carbons (Fsp3) is 0.267. The number of thioether (sulfide) groups is 1. The molecule has 1 atom stereocenters. The number of carbonyl (C=O) groups is 2. The highest BCUT2D eigenvalue weighted by Crippen LogP contribution is 2.36. The predicted molar refractivity (Wildman–Crippen MR) is 89.0 cm³/mol. The Labute approximate surface area is 143 Å². The van der Waals surface area contributed by atoms with Crippen LogP contribution in [0.4, 0.5) is 0 Å². The Kier molecular flexibility index (Phi) is 5.27. The first-order chi connectivity index (χ1) is 10.9. The minimum atomic E-state index is -1.36. The highest BCUT2D eigenvalue weighted by atomic mass is 32.2. The van der Waals surface area contributed by atoms with E-state index in [2.05, 4.69) is 0 Å². The molecule has 1 heterocycles. The molecule has 122 valence electrons. The van der Waals surface area contributed by atoms with E-state index in [0.29, 0.717) is 22.0 Å². The van der Waals surface area contributed by atoms with Gasteiger partial charge in [-0.05, 0) is 31.2 Å². The smallest absolute Gasteiger partial charge is 0.266 e. The van der Waals surface area contributed by atoms with Crippen molar-refractivity contribution in [3.05, 3.63) is 28.7 Å². The maximum absolute atomic E-state index is 12.4. The van der Waals surface area contributed by atoms with Crippen LogP contribution in [0.1, 0.15) is 12.5 Å². The summed E-state index contributed by atoms with van der Waals surface area (Å²) in [4.78, 5) is 24.8. The maximum atomic E-state index is 12.4. The van der Waals surface area contributed by atoms with Crippen molar-refractivity contribution in [3.63, 3.8) is 0 Å². The number of carbonyl (C=O) groups excluding carboxylic acids is 2. The van der Waals surface area contributed by atoms with E-state index in [0.717, 1.165) is 16.7 Å². The molecular weight excluding hydrogens is 338 g/mol. The van der Waals surface area contributed by atoms with Crippen LogP contribution < -0.4 is 14.6 Å². The number of rotatable bonds is 5. The molecule has 0 saturated carbocycles. The third kappa shape index (κ3) is 3.48. The van der Waals surface area contributed by atoms with Gasteiger partial charge in [0.1, 0.15) is 15.8 Å². The number of benzene rings is 1. The fourth-order valence-electron chi connectivity index (χ4n) is 2.01. The number of hydrogen-bond acceptors (Lipinski definition) is 7. The highest BCUT2D eigenvalue weighted by molar-refractivity contribution is 8.26. The first-order valence-electron chi connectivity index (χ1n) is 6.59. The number of ether oxygens (including phenoxy) is 2. The van der Waals surface area contributed by atoms with Crippen LogP contribution in [0.3, 0.4) is 0 Å². The van der Waals surface area contributed by atoms with Crippen molar-refractivity contribution >= 4 is 46.3 Å². The first kappa shape index (κ1) is 17.3. The van der Waals surface area contributed by atoms with Gasteiger partial charge in [0, 0.05) is 5.56 Å². The van der Waals surface area contributed by atoms with Crippen LogP contribution >= 0.6 is 24.0 Å². The first-order valence-corrected chi connectivity index (χ1v) is 7.81. The molecule has 0 bridgehead atoms. The normalized spacial score (nSPS) is 17.5. The fourth-order valence-corrected chi connectivity index (χ4v) is 3.42. The summed E-state index contributed by atoms with van der Waals surface area (Å²) in [5.74, 6) is -0.664. The van der Waals surface area contributed by atoms with Crippen LogP contribution in [-0.4, -0.2) is 41.4 Å². The molecule has 1 unspecified atom stereocenters. The average Bonchev–Trinajstić information content (AvgIpc) is 2.80. The number of hydrogen-bond donors (Lipinski definition) is 0. The number of aliphatic carboxylic acids is 1. The van der Waals surface area contributed by atoms with Gasteiger partial charge in [-0.3, -0.25) is 9.69 Å². The van der Waals surface area contributed by atoms with Crippen LogP contribution in [0.2, 0.25) is 0 Å². The Morgan fingerprint density at radius 1 is 1.39 bits per heavy atom. The zero-order valence-corrected chi connectivity index (χ0v) is 14.3. The van der Waals surface area contributed by atoms with Gasteiger partial charge in [-0.1, -0.05) is 24.0 Å². The maximum Gasteiger partial charge on any atom is 0.266 e. The molecule has 1 aromatic carbocycles. The molecule has 1 aromatic rings. The number of nitrogens with zero attached hydrogens (tertiary/aromatic N) is 1. The molecule has 0 N–H and O–H groups in total. The lowest BCUT2D eigenvalue weighted by atomic mass is 10.1. The van der Waals surface area contributed by atoms with Gasteiger partial charge in [-0.15, -0.1) is 0 Å². The molecule has 1 saturated heterocycles. The van der Waals surface area contributed by atoms with Crippen LogP contribution in [-0.2, 0) is 9.59 Å². The zero-order chi connectivity index (χ0) is 17.1. The van der Waals surface area contributed by atoms with E-state index in [-0.39, 0.29) is 4.32 Å². The number of carboxylic acid groups (broad SMARTS) is 1. The molecule has 23 heavy (non-hydrogen) atoms. The van der Waals surface area contributed by atoms with E-state index in [1.165, 1.54) is 21.1 Å². The standard InChI is InChI=1S/C15H15NO5S2/c1-8(14(18)19)16-13(17)12(23-15(16)22)7-9-6-10(20-2)4-5-11(9)21-3/h4-8H,1-3H3,(H,18,19)/p-1. The van der Waals surface area contributed by atoms with E-state index in [1.807, 2.05) is 0 Å². The molecule has 1 fully saturated rings. The number of amides is 1. The second kappa shape index (κ2) is 7.01. The van der Waals surface area contributed by atoms with Crippen molar-refractivity contribution in [1.82, 2.24) is 4.90 Å². The SMILES string of the molecule is COc1ccc(OC)c(C=C2SC(=S)N(C(C)C(=O)[O-])C2=O)c1. The molecule has 1 aliphatic rings. The predicted octanol–water partition coefficient (Wildman–Crippen LogP) is 1.04. The van der Waals surface area contributed by atoms with Crippen LogP contribution in [0.5, 0.6) is 11.5 Å². The summed E-state index contributed by atoms with van der Waals surface area (Å²) in [6.45, 7) is 1.36. The molecular formula is C15H14NO5S2-. The summed E-state index contributed by atoms with van der Waals surface area (Å²) in [6, 6.07) is 4.04. The van der Waals surface area contributed by atoms with Gasteiger partial charge in [0.15, 0.2) is 0 Å². The molecule has 2 rings (SSSR count).